The summed E-state index contributed by atoms with van der Waals surface area (Å²) in [5.41, 5.74) is 1.42. The number of nitrogens with zero attached hydrogens (tertiary/aromatic N) is 3. The molecule has 2 N–H and O–H groups in total. The predicted octanol–water partition coefficient (Wildman–Crippen LogP) is 2.85. The van der Waals surface area contributed by atoms with E-state index in [0.29, 0.717) is 32.9 Å². The maximum absolute atomic E-state index is 12.4. The summed E-state index contributed by atoms with van der Waals surface area (Å²) in [5, 5.41) is 21.0. The fourth-order valence-electron chi connectivity index (χ4n) is 2.85. The molecule has 1 fully saturated rings. The smallest absolute Gasteiger partial charge is 0.277 e. The SMILES string of the molecule is COc1ccc(Cl)c2c1NC(=O)/C2=N\N=C1/SCC(=O)N1c1ccc(O)cc1. The van der Waals surface area contributed by atoms with Crippen molar-refractivity contribution in [3.05, 3.63) is 47.0 Å². The number of aromatic hydroxyl groups is 1. The lowest BCUT2D eigenvalue weighted by Crippen LogP contribution is -2.29. The number of phenolic OH excluding ortho intramolecular Hbond substituents is 1. The summed E-state index contributed by atoms with van der Waals surface area (Å²) in [5.74, 6) is 0.107. The Morgan fingerprint density at radius 2 is 1.93 bits per heavy atom. The van der Waals surface area contributed by atoms with Gasteiger partial charge in [-0.2, -0.15) is 0 Å². The number of benzene rings is 2. The van der Waals surface area contributed by atoms with Gasteiger partial charge in [-0.1, -0.05) is 23.4 Å². The molecule has 28 heavy (non-hydrogen) atoms. The van der Waals surface area contributed by atoms with Crippen LogP contribution in [0.25, 0.3) is 0 Å². The second kappa shape index (κ2) is 7.17. The molecule has 10 heteroatoms. The Kier molecular flexibility index (Phi) is 4.70. The Balaban J connectivity index is 1.74. The van der Waals surface area contributed by atoms with Crippen molar-refractivity contribution in [1.29, 1.82) is 0 Å². The van der Waals surface area contributed by atoms with Gasteiger partial charge in [-0.3, -0.25) is 14.5 Å². The summed E-state index contributed by atoms with van der Waals surface area (Å²) in [6.45, 7) is 0. The van der Waals surface area contributed by atoms with Crippen molar-refractivity contribution >= 4 is 57.4 Å². The second-order valence-electron chi connectivity index (χ2n) is 5.82. The molecular formula is C18H13ClN4O4S. The van der Waals surface area contributed by atoms with Crippen LogP contribution in [0.1, 0.15) is 5.56 Å². The summed E-state index contributed by atoms with van der Waals surface area (Å²) in [6.07, 6.45) is 0. The van der Waals surface area contributed by atoms with E-state index in [-0.39, 0.29) is 23.1 Å². The summed E-state index contributed by atoms with van der Waals surface area (Å²) < 4.78 is 5.24. The minimum Gasteiger partial charge on any atom is -0.508 e. The van der Waals surface area contributed by atoms with Crippen molar-refractivity contribution in [3.8, 4) is 11.5 Å². The van der Waals surface area contributed by atoms with Crippen LogP contribution in [0, 0.1) is 0 Å². The van der Waals surface area contributed by atoms with E-state index in [4.69, 9.17) is 16.3 Å². The summed E-state index contributed by atoms with van der Waals surface area (Å²) in [4.78, 5) is 26.0. The van der Waals surface area contributed by atoms with Gasteiger partial charge in [0.15, 0.2) is 10.9 Å². The number of carbonyl (C=O) groups excluding carboxylic acids is 2. The molecule has 2 amide bonds. The van der Waals surface area contributed by atoms with Crippen LogP contribution in [0.2, 0.25) is 5.02 Å². The van der Waals surface area contributed by atoms with Gasteiger partial charge in [-0.15, -0.1) is 10.2 Å². The van der Waals surface area contributed by atoms with Gasteiger partial charge in [0.25, 0.3) is 5.91 Å². The molecule has 2 aromatic carbocycles. The first-order chi connectivity index (χ1) is 13.5. The molecule has 0 atom stereocenters. The third kappa shape index (κ3) is 3.08. The number of halogens is 1. The van der Waals surface area contributed by atoms with Gasteiger partial charge in [0.1, 0.15) is 11.5 Å². The number of fused-ring (bicyclic) bond motifs is 1. The van der Waals surface area contributed by atoms with E-state index in [1.165, 1.54) is 35.9 Å². The van der Waals surface area contributed by atoms with Gasteiger partial charge in [0, 0.05) is 0 Å². The maximum Gasteiger partial charge on any atom is 0.277 e. The highest BCUT2D eigenvalue weighted by molar-refractivity contribution is 8.15. The minimum atomic E-state index is -0.462. The number of amides is 2. The van der Waals surface area contributed by atoms with E-state index >= 15 is 0 Å². The zero-order valence-corrected chi connectivity index (χ0v) is 16.0. The number of phenols is 1. The highest BCUT2D eigenvalue weighted by atomic mass is 35.5. The van der Waals surface area contributed by atoms with Crippen molar-refractivity contribution in [3.63, 3.8) is 0 Å². The van der Waals surface area contributed by atoms with Crippen LogP contribution in [-0.2, 0) is 9.59 Å². The number of methoxy groups -OCH3 is 1. The maximum atomic E-state index is 12.4. The molecule has 0 bridgehead atoms. The van der Waals surface area contributed by atoms with Crippen LogP contribution >= 0.6 is 23.4 Å². The quantitative estimate of drug-likeness (QED) is 0.749. The van der Waals surface area contributed by atoms with Crippen molar-refractivity contribution in [1.82, 2.24) is 0 Å². The van der Waals surface area contributed by atoms with Gasteiger partial charge in [-0.05, 0) is 36.4 Å². The van der Waals surface area contributed by atoms with Gasteiger partial charge in [0.05, 0.1) is 34.8 Å². The average Bonchev–Trinajstić information content (AvgIpc) is 3.21. The Bertz CT molecular complexity index is 1050. The lowest BCUT2D eigenvalue weighted by molar-refractivity contribution is -0.115. The number of thioether (sulfide) groups is 1. The second-order valence-corrected chi connectivity index (χ2v) is 7.17. The number of nitrogens with one attached hydrogen (secondary N) is 1. The molecule has 0 radical (unpaired) electrons. The molecule has 2 aromatic rings. The van der Waals surface area contributed by atoms with Crippen molar-refractivity contribution in [2.75, 3.05) is 23.1 Å². The van der Waals surface area contributed by atoms with E-state index in [1.54, 1.807) is 24.3 Å². The monoisotopic (exact) mass is 416 g/mol. The molecule has 142 valence electrons. The average molecular weight is 417 g/mol. The van der Waals surface area contributed by atoms with Gasteiger partial charge in [-0.25, -0.2) is 0 Å². The first kappa shape index (κ1) is 18.3. The number of hydrogen-bond acceptors (Lipinski definition) is 7. The molecule has 1 saturated heterocycles. The van der Waals surface area contributed by atoms with E-state index in [1.807, 2.05) is 0 Å². The van der Waals surface area contributed by atoms with E-state index in [9.17, 15) is 14.7 Å². The van der Waals surface area contributed by atoms with Crippen LogP contribution < -0.4 is 15.0 Å². The minimum absolute atomic E-state index is 0.0389. The highest BCUT2D eigenvalue weighted by Crippen LogP contribution is 2.38. The molecule has 2 aliphatic rings. The summed E-state index contributed by atoms with van der Waals surface area (Å²) >= 11 is 7.45. The van der Waals surface area contributed by atoms with Crippen molar-refractivity contribution < 1.29 is 19.4 Å². The normalized spacial score (nSPS) is 18.7. The standard InChI is InChI=1S/C18H13ClN4O4S/c1-27-12-7-6-11(19)14-15(12)20-17(26)16(14)21-22-18-23(13(25)8-28-18)9-2-4-10(24)5-3-9/h2-7,24H,8H2,1H3,(H,20,21,26)/b22-18-. The molecule has 0 spiro atoms. The van der Waals surface area contributed by atoms with Gasteiger partial charge >= 0.3 is 0 Å². The Labute approximate surface area is 168 Å². The lowest BCUT2D eigenvalue weighted by Gasteiger charge is -2.15. The number of rotatable bonds is 3. The van der Waals surface area contributed by atoms with Crippen LogP contribution in [0.4, 0.5) is 11.4 Å². The highest BCUT2D eigenvalue weighted by Gasteiger charge is 2.33. The molecule has 2 aliphatic heterocycles. The molecule has 0 aliphatic carbocycles. The van der Waals surface area contributed by atoms with Gasteiger partial charge in [0.2, 0.25) is 5.91 Å². The number of anilines is 2. The van der Waals surface area contributed by atoms with Crippen LogP contribution in [0.15, 0.2) is 46.6 Å². The van der Waals surface area contributed by atoms with E-state index in [0.717, 1.165) is 0 Å². The molecule has 4 rings (SSSR count). The molecule has 0 saturated carbocycles. The number of carbonyl (C=O) groups is 2. The topological polar surface area (TPSA) is 104 Å². The first-order valence-electron chi connectivity index (χ1n) is 8.08. The molecule has 0 aromatic heterocycles. The number of amidine groups is 1. The van der Waals surface area contributed by atoms with Crippen LogP contribution in [-0.4, -0.2) is 40.7 Å². The van der Waals surface area contributed by atoms with Crippen LogP contribution in [0.3, 0.4) is 0 Å². The Morgan fingerprint density at radius 3 is 2.64 bits per heavy atom. The molecule has 8 nitrogen and oxygen atoms in total. The lowest BCUT2D eigenvalue weighted by atomic mass is 10.1. The fraction of sp³-hybridized carbons (Fsp3) is 0.111. The Hall–Kier alpha value is -3.04. The van der Waals surface area contributed by atoms with Crippen LogP contribution in [0.5, 0.6) is 11.5 Å². The van der Waals surface area contributed by atoms with E-state index < -0.39 is 5.91 Å². The third-order valence-electron chi connectivity index (χ3n) is 4.14. The largest absolute Gasteiger partial charge is 0.508 e. The van der Waals surface area contributed by atoms with Crippen molar-refractivity contribution in [2.45, 2.75) is 0 Å². The first-order valence-corrected chi connectivity index (χ1v) is 9.44. The third-order valence-corrected chi connectivity index (χ3v) is 5.36. The molecular weight excluding hydrogens is 404 g/mol. The fourth-order valence-corrected chi connectivity index (χ4v) is 3.91. The number of ether oxygens (including phenoxy) is 1. The zero-order valence-electron chi connectivity index (χ0n) is 14.5. The molecule has 2 heterocycles. The predicted molar refractivity (Wildman–Crippen MR) is 109 cm³/mol. The zero-order chi connectivity index (χ0) is 19.8. The molecule has 0 unspecified atom stereocenters. The van der Waals surface area contributed by atoms with Crippen molar-refractivity contribution in [2.24, 2.45) is 10.2 Å². The Morgan fingerprint density at radius 1 is 1.18 bits per heavy atom. The van der Waals surface area contributed by atoms with E-state index in [2.05, 4.69) is 15.5 Å². The van der Waals surface area contributed by atoms with Gasteiger partial charge < -0.3 is 15.2 Å². The number of hydrogen-bond donors (Lipinski definition) is 2. The summed E-state index contributed by atoms with van der Waals surface area (Å²) in [6, 6.07) is 9.40. The summed E-state index contributed by atoms with van der Waals surface area (Å²) in [7, 11) is 1.49.